The summed E-state index contributed by atoms with van der Waals surface area (Å²) >= 11 is 9.65. The monoisotopic (exact) mass is 343 g/mol. The van der Waals surface area contributed by atoms with Gasteiger partial charge in [0.15, 0.2) is 11.6 Å². The fraction of sp³-hybridized carbons (Fsp3) is 0.385. The van der Waals surface area contributed by atoms with Crippen LogP contribution in [0.15, 0.2) is 22.7 Å². The highest BCUT2D eigenvalue weighted by molar-refractivity contribution is 9.10. The fourth-order valence-corrected chi connectivity index (χ4v) is 2.44. The van der Waals surface area contributed by atoms with Crippen molar-refractivity contribution < 1.29 is 5.11 Å². The van der Waals surface area contributed by atoms with Crippen LogP contribution in [-0.2, 0) is 13.2 Å². The summed E-state index contributed by atoms with van der Waals surface area (Å²) in [4.78, 5) is 0. The van der Waals surface area contributed by atoms with E-state index >= 15 is 0 Å². The number of benzene rings is 1. The summed E-state index contributed by atoms with van der Waals surface area (Å²) in [5.74, 6) is 1.66. The zero-order valence-electron chi connectivity index (χ0n) is 10.8. The van der Waals surface area contributed by atoms with Gasteiger partial charge in [-0.25, -0.2) is 0 Å². The van der Waals surface area contributed by atoms with E-state index in [-0.39, 0.29) is 6.61 Å². The maximum absolute atomic E-state index is 9.35. The molecule has 19 heavy (non-hydrogen) atoms. The van der Waals surface area contributed by atoms with E-state index in [0.717, 1.165) is 16.6 Å². The molecule has 0 aliphatic heterocycles. The van der Waals surface area contributed by atoms with Crippen LogP contribution in [0.5, 0.6) is 0 Å². The van der Waals surface area contributed by atoms with Gasteiger partial charge in [0, 0.05) is 16.6 Å². The molecule has 0 amide bonds. The van der Waals surface area contributed by atoms with Crippen molar-refractivity contribution in [1.29, 1.82) is 0 Å². The van der Waals surface area contributed by atoms with E-state index in [9.17, 15) is 5.11 Å². The predicted molar refractivity (Wildman–Crippen MR) is 78.9 cm³/mol. The van der Waals surface area contributed by atoms with Gasteiger partial charge in [0.1, 0.15) is 6.61 Å². The van der Waals surface area contributed by atoms with Crippen molar-refractivity contribution in [2.24, 2.45) is 5.92 Å². The van der Waals surface area contributed by atoms with E-state index in [1.54, 1.807) is 0 Å². The van der Waals surface area contributed by atoms with Crippen LogP contribution in [0.25, 0.3) is 11.4 Å². The molecule has 0 radical (unpaired) electrons. The molecule has 0 spiro atoms. The number of aliphatic hydroxyl groups excluding tert-OH is 1. The zero-order chi connectivity index (χ0) is 14.0. The molecule has 0 saturated carbocycles. The van der Waals surface area contributed by atoms with Crippen LogP contribution in [0.3, 0.4) is 0 Å². The molecule has 0 aliphatic carbocycles. The largest absolute Gasteiger partial charge is 0.388 e. The number of halogens is 2. The van der Waals surface area contributed by atoms with Crippen LogP contribution in [-0.4, -0.2) is 19.9 Å². The normalized spacial score (nSPS) is 11.3. The Morgan fingerprint density at radius 3 is 2.74 bits per heavy atom. The van der Waals surface area contributed by atoms with Crippen molar-refractivity contribution in [2.45, 2.75) is 27.0 Å². The van der Waals surface area contributed by atoms with Gasteiger partial charge >= 0.3 is 0 Å². The van der Waals surface area contributed by atoms with Gasteiger partial charge in [-0.1, -0.05) is 41.4 Å². The van der Waals surface area contributed by atoms with Crippen LogP contribution >= 0.6 is 27.5 Å². The second-order valence-electron chi connectivity index (χ2n) is 4.73. The number of nitrogens with zero attached hydrogens (tertiary/aromatic N) is 3. The van der Waals surface area contributed by atoms with E-state index in [1.165, 1.54) is 0 Å². The van der Waals surface area contributed by atoms with Gasteiger partial charge in [0.25, 0.3) is 0 Å². The molecule has 0 aliphatic rings. The lowest BCUT2D eigenvalue weighted by Crippen LogP contribution is -2.10. The number of aliphatic hydroxyl groups is 1. The highest BCUT2D eigenvalue weighted by Gasteiger charge is 2.16. The highest BCUT2D eigenvalue weighted by Crippen LogP contribution is 2.30. The first-order valence-electron chi connectivity index (χ1n) is 6.01. The van der Waals surface area contributed by atoms with Crippen molar-refractivity contribution in [3.8, 4) is 11.4 Å². The van der Waals surface area contributed by atoms with Gasteiger partial charge in [-0.05, 0) is 24.1 Å². The standard InChI is InChI=1S/C13H15BrClN3O/c1-8(2)6-18-12(7-19)16-17-13(18)10-5-9(14)3-4-11(10)15/h3-5,8,19H,6-7H2,1-2H3. The number of hydrogen-bond donors (Lipinski definition) is 1. The molecule has 0 fully saturated rings. The Labute approximate surface area is 125 Å². The van der Waals surface area contributed by atoms with Crippen LogP contribution in [0, 0.1) is 5.92 Å². The Balaban J connectivity index is 2.55. The summed E-state index contributed by atoms with van der Waals surface area (Å²) in [6, 6.07) is 5.60. The number of rotatable bonds is 4. The van der Waals surface area contributed by atoms with Crippen molar-refractivity contribution in [2.75, 3.05) is 0 Å². The van der Waals surface area contributed by atoms with Crippen molar-refractivity contribution >= 4 is 27.5 Å². The summed E-state index contributed by atoms with van der Waals surface area (Å²) in [5, 5.41) is 18.1. The molecule has 1 heterocycles. The first kappa shape index (κ1) is 14.5. The number of aromatic nitrogens is 3. The summed E-state index contributed by atoms with van der Waals surface area (Å²) in [6.07, 6.45) is 0. The second-order valence-corrected chi connectivity index (χ2v) is 6.05. The van der Waals surface area contributed by atoms with Crippen LogP contribution in [0.1, 0.15) is 19.7 Å². The van der Waals surface area contributed by atoms with E-state index in [2.05, 4.69) is 40.0 Å². The average molecular weight is 345 g/mol. The van der Waals surface area contributed by atoms with Gasteiger partial charge in [0.05, 0.1) is 5.02 Å². The molecule has 1 N–H and O–H groups in total. The minimum absolute atomic E-state index is 0.134. The molecule has 2 rings (SSSR count). The second kappa shape index (κ2) is 6.03. The maximum atomic E-state index is 9.35. The van der Waals surface area contributed by atoms with Crippen LogP contribution in [0.4, 0.5) is 0 Å². The smallest absolute Gasteiger partial charge is 0.165 e. The Bertz CT molecular complexity index is 583. The van der Waals surface area contributed by atoms with Crippen molar-refractivity contribution in [3.63, 3.8) is 0 Å². The Kier molecular flexibility index (Phi) is 4.60. The topological polar surface area (TPSA) is 50.9 Å². The van der Waals surface area contributed by atoms with Crippen LogP contribution in [0.2, 0.25) is 5.02 Å². The fourth-order valence-electron chi connectivity index (χ4n) is 1.88. The van der Waals surface area contributed by atoms with Gasteiger partial charge in [-0.3, -0.25) is 0 Å². The van der Waals surface area contributed by atoms with Gasteiger partial charge < -0.3 is 9.67 Å². The van der Waals surface area contributed by atoms with E-state index in [0.29, 0.717) is 22.6 Å². The molecule has 4 nitrogen and oxygen atoms in total. The molecule has 1 aromatic carbocycles. The molecule has 0 bridgehead atoms. The minimum Gasteiger partial charge on any atom is -0.388 e. The van der Waals surface area contributed by atoms with Crippen molar-refractivity contribution in [1.82, 2.24) is 14.8 Å². The molecule has 102 valence electrons. The number of hydrogen-bond acceptors (Lipinski definition) is 3. The molecule has 0 unspecified atom stereocenters. The third-order valence-electron chi connectivity index (χ3n) is 2.69. The van der Waals surface area contributed by atoms with Gasteiger partial charge in [-0.15, -0.1) is 10.2 Å². The summed E-state index contributed by atoms with van der Waals surface area (Å²) in [6.45, 7) is 4.81. The molecule has 2 aromatic rings. The van der Waals surface area contributed by atoms with E-state index in [4.69, 9.17) is 11.6 Å². The van der Waals surface area contributed by atoms with Gasteiger partial charge in [-0.2, -0.15) is 0 Å². The lowest BCUT2D eigenvalue weighted by Gasteiger charge is -2.12. The Morgan fingerprint density at radius 2 is 2.11 bits per heavy atom. The minimum atomic E-state index is -0.134. The van der Waals surface area contributed by atoms with Crippen molar-refractivity contribution in [3.05, 3.63) is 33.5 Å². The molecular formula is C13H15BrClN3O. The Morgan fingerprint density at radius 1 is 1.37 bits per heavy atom. The lowest BCUT2D eigenvalue weighted by molar-refractivity contribution is 0.262. The Hall–Kier alpha value is -0.910. The van der Waals surface area contributed by atoms with E-state index in [1.807, 2.05) is 22.8 Å². The summed E-state index contributed by atoms with van der Waals surface area (Å²) in [5.41, 5.74) is 0.809. The third kappa shape index (κ3) is 3.16. The molecule has 0 atom stereocenters. The van der Waals surface area contributed by atoms with Gasteiger partial charge in [0.2, 0.25) is 0 Å². The third-order valence-corrected chi connectivity index (χ3v) is 3.51. The van der Waals surface area contributed by atoms with Crippen LogP contribution < -0.4 is 0 Å². The SMILES string of the molecule is CC(C)Cn1c(CO)nnc1-c1cc(Br)ccc1Cl. The first-order chi connectivity index (χ1) is 9.02. The molecule has 0 saturated heterocycles. The molecular weight excluding hydrogens is 330 g/mol. The highest BCUT2D eigenvalue weighted by atomic mass is 79.9. The van der Waals surface area contributed by atoms with E-state index < -0.39 is 0 Å². The molecule has 6 heteroatoms. The quantitative estimate of drug-likeness (QED) is 0.923. The maximum Gasteiger partial charge on any atom is 0.165 e. The summed E-state index contributed by atoms with van der Waals surface area (Å²) in [7, 11) is 0. The summed E-state index contributed by atoms with van der Waals surface area (Å²) < 4.78 is 2.84. The average Bonchev–Trinajstić information content (AvgIpc) is 2.74. The lowest BCUT2D eigenvalue weighted by atomic mass is 10.2. The predicted octanol–water partition coefficient (Wildman–Crippen LogP) is 3.51. The molecule has 1 aromatic heterocycles. The zero-order valence-corrected chi connectivity index (χ0v) is 13.1. The first-order valence-corrected chi connectivity index (χ1v) is 7.18.